The van der Waals surface area contributed by atoms with Gasteiger partial charge < -0.3 is 9.73 Å². The van der Waals surface area contributed by atoms with Crippen LogP contribution < -0.4 is 10.9 Å². The van der Waals surface area contributed by atoms with Gasteiger partial charge in [-0.15, -0.1) is 0 Å². The summed E-state index contributed by atoms with van der Waals surface area (Å²) in [5, 5.41) is 7.86. The molecule has 0 aliphatic heterocycles. The van der Waals surface area contributed by atoms with E-state index < -0.39 is 11.5 Å². The number of nitrogens with one attached hydrogen (secondary N) is 1. The molecule has 3 rings (SSSR count). The maximum Gasteiger partial charge on any atom is 0.349 e. The molecule has 24 heavy (non-hydrogen) atoms. The molecule has 0 atom stereocenters. The van der Waals surface area contributed by atoms with Crippen LogP contribution >= 0.6 is 0 Å². The van der Waals surface area contributed by atoms with Crippen LogP contribution in [0.5, 0.6) is 0 Å². The number of aromatic nitrogens is 2. The normalized spacial score (nSPS) is 11.0. The molecule has 0 aliphatic carbocycles. The van der Waals surface area contributed by atoms with Crippen LogP contribution in [-0.4, -0.2) is 22.2 Å². The Balaban J connectivity index is 1.73. The van der Waals surface area contributed by atoms with Crippen LogP contribution in [0.1, 0.15) is 27.3 Å². The summed E-state index contributed by atoms with van der Waals surface area (Å²) in [5.74, 6) is -0.423. The topological polar surface area (TPSA) is 77.1 Å². The number of fused-ring (bicyclic) bond motifs is 1. The van der Waals surface area contributed by atoms with Gasteiger partial charge in [0.2, 0.25) is 0 Å². The number of carbonyl (C=O) groups excluding carboxylic acids is 1. The average molecular weight is 325 g/mol. The fraction of sp³-hybridized carbons (Fsp3) is 0.278. The predicted octanol–water partition coefficient (Wildman–Crippen LogP) is 2.12. The summed E-state index contributed by atoms with van der Waals surface area (Å²) in [6, 6.07) is 8.68. The Hall–Kier alpha value is -2.89. The summed E-state index contributed by atoms with van der Waals surface area (Å²) in [6.07, 6.45) is 0.663. The van der Waals surface area contributed by atoms with Crippen molar-refractivity contribution in [3.05, 3.63) is 63.3 Å². The molecule has 6 nitrogen and oxygen atoms in total. The first-order chi connectivity index (χ1) is 11.5. The van der Waals surface area contributed by atoms with E-state index in [0.29, 0.717) is 18.5 Å². The second-order valence-corrected chi connectivity index (χ2v) is 5.76. The molecule has 2 aromatic heterocycles. The Morgan fingerprint density at radius 1 is 1.29 bits per heavy atom. The van der Waals surface area contributed by atoms with E-state index in [1.165, 1.54) is 0 Å². The molecule has 0 unspecified atom stereocenters. The molecule has 0 spiro atoms. The second kappa shape index (κ2) is 6.31. The summed E-state index contributed by atoms with van der Waals surface area (Å²) in [4.78, 5) is 24.3. The first kappa shape index (κ1) is 16.0. The van der Waals surface area contributed by atoms with Crippen molar-refractivity contribution in [1.82, 2.24) is 15.1 Å². The molecule has 1 aromatic carbocycles. The van der Waals surface area contributed by atoms with Crippen molar-refractivity contribution >= 4 is 16.9 Å². The Morgan fingerprint density at radius 2 is 2.04 bits per heavy atom. The maximum atomic E-state index is 12.3. The van der Waals surface area contributed by atoms with E-state index in [1.54, 1.807) is 24.3 Å². The molecule has 0 bridgehead atoms. The van der Waals surface area contributed by atoms with Crippen molar-refractivity contribution < 1.29 is 9.21 Å². The summed E-state index contributed by atoms with van der Waals surface area (Å²) < 4.78 is 7.01. The lowest BCUT2D eigenvalue weighted by Crippen LogP contribution is -2.30. The molecular weight excluding hydrogens is 306 g/mol. The van der Waals surface area contributed by atoms with E-state index in [0.717, 1.165) is 22.3 Å². The smallest absolute Gasteiger partial charge is 0.349 e. The highest BCUT2D eigenvalue weighted by molar-refractivity contribution is 5.96. The van der Waals surface area contributed by atoms with E-state index >= 15 is 0 Å². The molecule has 6 heteroatoms. The van der Waals surface area contributed by atoms with Crippen molar-refractivity contribution in [3.63, 3.8) is 0 Å². The van der Waals surface area contributed by atoms with Gasteiger partial charge in [0, 0.05) is 24.7 Å². The molecule has 1 amide bonds. The highest BCUT2D eigenvalue weighted by Gasteiger charge is 2.14. The summed E-state index contributed by atoms with van der Waals surface area (Å²) in [7, 11) is 1.89. The second-order valence-electron chi connectivity index (χ2n) is 5.76. The van der Waals surface area contributed by atoms with E-state index in [9.17, 15) is 9.59 Å². The van der Waals surface area contributed by atoms with E-state index in [1.807, 2.05) is 31.6 Å². The van der Waals surface area contributed by atoms with Gasteiger partial charge in [0.05, 0.1) is 5.69 Å². The number of para-hydroxylation sites is 1. The number of hydrogen-bond acceptors (Lipinski definition) is 4. The average Bonchev–Trinajstić information content (AvgIpc) is 2.80. The van der Waals surface area contributed by atoms with E-state index in [2.05, 4.69) is 10.4 Å². The monoisotopic (exact) mass is 325 g/mol. The molecule has 0 aliphatic rings. The van der Waals surface area contributed by atoms with Crippen molar-refractivity contribution in [2.45, 2.75) is 20.3 Å². The molecule has 3 aromatic rings. The number of hydrogen-bond donors (Lipinski definition) is 1. The number of carbonyl (C=O) groups is 1. The highest BCUT2D eigenvalue weighted by Crippen LogP contribution is 2.13. The maximum absolute atomic E-state index is 12.3. The minimum atomic E-state index is -0.625. The van der Waals surface area contributed by atoms with Crippen LogP contribution in [0.3, 0.4) is 0 Å². The quantitative estimate of drug-likeness (QED) is 0.745. The summed E-state index contributed by atoms with van der Waals surface area (Å²) in [6.45, 7) is 4.37. The van der Waals surface area contributed by atoms with Crippen LogP contribution in [0.4, 0.5) is 0 Å². The zero-order valence-corrected chi connectivity index (χ0v) is 13.9. The molecule has 2 heterocycles. The van der Waals surface area contributed by atoms with Gasteiger partial charge in [-0.05, 0) is 38.0 Å². The van der Waals surface area contributed by atoms with Gasteiger partial charge in [0.25, 0.3) is 5.91 Å². The minimum absolute atomic E-state index is 0.0216. The molecule has 124 valence electrons. The lowest BCUT2D eigenvalue weighted by Gasteiger charge is -2.06. The zero-order chi connectivity index (χ0) is 17.3. The molecule has 1 N–H and O–H groups in total. The summed E-state index contributed by atoms with van der Waals surface area (Å²) >= 11 is 0. The first-order valence-electron chi connectivity index (χ1n) is 7.77. The van der Waals surface area contributed by atoms with Crippen molar-refractivity contribution in [1.29, 1.82) is 0 Å². The van der Waals surface area contributed by atoms with Crippen molar-refractivity contribution in [2.75, 3.05) is 6.54 Å². The summed E-state index contributed by atoms with van der Waals surface area (Å²) in [5.41, 5.74) is 3.01. The van der Waals surface area contributed by atoms with E-state index in [-0.39, 0.29) is 5.56 Å². The third kappa shape index (κ3) is 2.95. The highest BCUT2D eigenvalue weighted by atomic mass is 16.4. The van der Waals surface area contributed by atoms with Crippen LogP contribution in [0.15, 0.2) is 39.5 Å². The predicted molar refractivity (Wildman–Crippen MR) is 91.2 cm³/mol. The molecule has 0 saturated heterocycles. The minimum Gasteiger partial charge on any atom is -0.422 e. The van der Waals surface area contributed by atoms with Gasteiger partial charge in [-0.2, -0.15) is 5.10 Å². The standard InChI is InChI=1S/C18H19N3O3/c1-11-14(12(2)21(3)20-11)8-9-19-17(22)15-10-13-6-4-5-7-16(13)24-18(15)23/h4-7,10H,8-9H2,1-3H3,(H,19,22). The Bertz CT molecular complexity index is 969. The number of rotatable bonds is 4. The van der Waals surface area contributed by atoms with Gasteiger partial charge in [-0.25, -0.2) is 4.79 Å². The van der Waals surface area contributed by atoms with Crippen molar-refractivity contribution in [2.24, 2.45) is 7.05 Å². The number of amides is 1. The molecular formula is C18H19N3O3. The fourth-order valence-electron chi connectivity index (χ4n) is 2.80. The number of nitrogens with zero attached hydrogens (tertiary/aromatic N) is 2. The molecule has 0 fully saturated rings. The van der Waals surface area contributed by atoms with Crippen LogP contribution in [0.2, 0.25) is 0 Å². The van der Waals surface area contributed by atoms with E-state index in [4.69, 9.17) is 4.42 Å². The van der Waals surface area contributed by atoms with Gasteiger partial charge in [-0.1, -0.05) is 18.2 Å². The van der Waals surface area contributed by atoms with Gasteiger partial charge in [0.1, 0.15) is 11.1 Å². The Morgan fingerprint density at radius 3 is 2.75 bits per heavy atom. The zero-order valence-electron chi connectivity index (χ0n) is 13.9. The largest absolute Gasteiger partial charge is 0.422 e. The van der Waals surface area contributed by atoms with Gasteiger partial charge in [0.15, 0.2) is 0 Å². The van der Waals surface area contributed by atoms with Crippen LogP contribution in [-0.2, 0) is 13.5 Å². The number of benzene rings is 1. The lowest BCUT2D eigenvalue weighted by molar-refractivity contribution is 0.0950. The Kier molecular flexibility index (Phi) is 4.20. The van der Waals surface area contributed by atoms with Gasteiger partial charge in [-0.3, -0.25) is 9.48 Å². The van der Waals surface area contributed by atoms with Gasteiger partial charge >= 0.3 is 5.63 Å². The SMILES string of the molecule is Cc1nn(C)c(C)c1CCNC(=O)c1cc2ccccc2oc1=O. The number of aryl methyl sites for hydroxylation is 2. The molecule has 0 saturated carbocycles. The van der Waals surface area contributed by atoms with Crippen molar-refractivity contribution in [3.8, 4) is 0 Å². The third-order valence-corrected chi connectivity index (χ3v) is 4.21. The van der Waals surface area contributed by atoms with Crippen LogP contribution in [0.25, 0.3) is 11.0 Å². The fourth-order valence-corrected chi connectivity index (χ4v) is 2.80. The lowest BCUT2D eigenvalue weighted by atomic mass is 10.1. The third-order valence-electron chi connectivity index (χ3n) is 4.21. The Labute approximate surface area is 139 Å². The molecule has 0 radical (unpaired) electrons. The first-order valence-corrected chi connectivity index (χ1v) is 7.77. The van der Waals surface area contributed by atoms with Crippen LogP contribution in [0, 0.1) is 13.8 Å².